The van der Waals surface area contributed by atoms with Gasteiger partial charge < -0.3 is 58.4 Å². The number of rotatable bonds is 27. The minimum atomic E-state index is -1.52. The molecule has 2 aliphatic heterocycles. The van der Waals surface area contributed by atoms with Crippen LogP contribution < -0.4 is 10.6 Å². The molecule has 364 valence electrons. The fourth-order valence-corrected chi connectivity index (χ4v) is 6.99. The van der Waals surface area contributed by atoms with Crippen molar-refractivity contribution in [3.05, 3.63) is 46.3 Å². The first-order valence-electron chi connectivity index (χ1n) is 22.4. The van der Waals surface area contributed by atoms with Crippen LogP contribution in [-0.2, 0) is 78.0 Å². The lowest BCUT2D eigenvalue weighted by atomic mass is 9.88. The Bertz CT molecular complexity index is 1720. The first-order valence-corrected chi connectivity index (χ1v) is 22.4. The van der Waals surface area contributed by atoms with E-state index in [1.165, 1.54) is 0 Å². The number of nitrogens with zero attached hydrogens (tertiary/aromatic N) is 3. The van der Waals surface area contributed by atoms with E-state index in [1.807, 2.05) is 30.3 Å². The van der Waals surface area contributed by atoms with Gasteiger partial charge in [0.15, 0.2) is 18.7 Å². The second-order valence-corrected chi connectivity index (χ2v) is 15.6. The Morgan fingerprint density at radius 3 is 1.75 bits per heavy atom. The lowest BCUT2D eigenvalue weighted by Gasteiger charge is -2.47. The van der Waals surface area contributed by atoms with Gasteiger partial charge in [0.25, 0.3) is 0 Å². The van der Waals surface area contributed by atoms with Crippen molar-refractivity contribution in [1.82, 2.24) is 10.6 Å². The summed E-state index contributed by atoms with van der Waals surface area (Å²) in [6.45, 7) is 11.0. The third-order valence-electron chi connectivity index (χ3n) is 10.8. The Hall–Kier alpha value is -4.89. The number of carbonyl (C=O) groups excluding carboxylic acids is 6. The Labute approximate surface area is 379 Å². The monoisotopic (exact) mass is 921 g/mol. The number of nitrogens with one attached hydrogen (secondary N) is 2. The van der Waals surface area contributed by atoms with Gasteiger partial charge in [-0.1, -0.05) is 83.9 Å². The summed E-state index contributed by atoms with van der Waals surface area (Å²) >= 11 is 0. The first kappa shape index (κ1) is 54.4. The Morgan fingerprint density at radius 2 is 1.23 bits per heavy atom. The zero-order valence-electron chi connectivity index (χ0n) is 38.4. The molecule has 0 aromatic heterocycles. The molecule has 2 aliphatic rings. The zero-order valence-corrected chi connectivity index (χ0v) is 38.4. The number of hydrogen-bond donors (Lipinski definition) is 3. The third-order valence-corrected chi connectivity index (χ3v) is 10.8. The molecule has 2 heterocycles. The van der Waals surface area contributed by atoms with Gasteiger partial charge in [0.2, 0.25) is 11.8 Å². The summed E-state index contributed by atoms with van der Waals surface area (Å²) in [5.41, 5.74) is 9.73. The smallest absolute Gasteiger partial charge is 0.305 e. The van der Waals surface area contributed by atoms with E-state index in [9.17, 15) is 33.9 Å². The number of aliphatic hydroxyl groups is 1. The molecule has 2 amide bonds. The topological polar surface area (TPSA) is 279 Å². The van der Waals surface area contributed by atoms with Gasteiger partial charge in [-0.3, -0.25) is 28.8 Å². The van der Waals surface area contributed by atoms with E-state index in [2.05, 4.69) is 20.7 Å². The highest BCUT2D eigenvalue weighted by molar-refractivity contribution is 5.78. The van der Waals surface area contributed by atoms with Crippen LogP contribution in [0.2, 0.25) is 0 Å². The van der Waals surface area contributed by atoms with E-state index in [0.29, 0.717) is 12.8 Å². The predicted molar refractivity (Wildman–Crippen MR) is 229 cm³/mol. The zero-order chi connectivity index (χ0) is 47.9. The number of esters is 4. The molecular weight excluding hydrogens is 855 g/mol. The number of aliphatic hydroxyl groups excluding tert-OH is 1. The van der Waals surface area contributed by atoms with Gasteiger partial charge in [-0.15, -0.1) is 0 Å². The van der Waals surface area contributed by atoms with Crippen LogP contribution in [0.3, 0.4) is 0 Å². The highest BCUT2D eigenvalue weighted by Gasteiger charge is 2.51. The second-order valence-electron chi connectivity index (χ2n) is 15.6. The van der Waals surface area contributed by atoms with Gasteiger partial charge in [0, 0.05) is 43.1 Å². The summed E-state index contributed by atoms with van der Waals surface area (Å²) in [6, 6.07) is 6.81. The van der Waals surface area contributed by atoms with E-state index in [4.69, 9.17) is 48.2 Å². The quantitative estimate of drug-likeness (QED) is 0.0282. The minimum Gasteiger partial charge on any atom is -0.462 e. The number of carbonyl (C=O) groups is 6. The lowest BCUT2D eigenvalue weighted by molar-refractivity contribution is -0.300. The molecule has 4 unspecified atom stereocenters. The standard InChI is InChI=1S/C44H67N5O16/c1-8-28(60-34(52)10-3)21-32(50)47-38-41(64-36(54)12-5)26(7)30(62-43(38)58-20-19-46-49-45)25-59-44-39(48-33(51)22-29(9-2)61-35(53)11-4)42(65-37(55)13-6)40(56)31(63-44)24-57-23-27-17-15-14-16-18-27/h14-18,26,28-31,38-44,56H,8-13,19-25H2,1-7H3,(H,47,50)(H,48,51)/t26-,28-,29-,30?,31?,38?,39?,40-,41+,42-,43-,44-/m1/s1. The average molecular weight is 922 g/mol. The van der Waals surface area contributed by atoms with E-state index in [-0.39, 0.29) is 71.5 Å². The fourth-order valence-electron chi connectivity index (χ4n) is 6.99. The van der Waals surface area contributed by atoms with Gasteiger partial charge in [-0.2, -0.15) is 0 Å². The van der Waals surface area contributed by atoms with Crippen LogP contribution >= 0.6 is 0 Å². The molecule has 2 saturated heterocycles. The molecule has 1 aromatic carbocycles. The largest absolute Gasteiger partial charge is 0.462 e. The van der Waals surface area contributed by atoms with Crippen molar-refractivity contribution < 1.29 is 76.5 Å². The number of ether oxygens (including phenoxy) is 9. The van der Waals surface area contributed by atoms with Gasteiger partial charge in [-0.05, 0) is 23.9 Å². The summed E-state index contributed by atoms with van der Waals surface area (Å²) in [6.07, 6.45) is -10.1. The molecule has 3 rings (SSSR count). The van der Waals surface area contributed by atoms with Crippen molar-refractivity contribution in [3.8, 4) is 0 Å². The van der Waals surface area contributed by atoms with E-state index in [1.54, 1.807) is 48.5 Å². The van der Waals surface area contributed by atoms with E-state index in [0.717, 1.165) is 5.56 Å². The van der Waals surface area contributed by atoms with Gasteiger partial charge in [0.05, 0.1) is 45.4 Å². The van der Waals surface area contributed by atoms with Gasteiger partial charge in [-0.25, -0.2) is 0 Å². The van der Waals surface area contributed by atoms with Crippen molar-refractivity contribution in [1.29, 1.82) is 0 Å². The molecule has 12 atom stereocenters. The summed E-state index contributed by atoms with van der Waals surface area (Å²) in [7, 11) is 0. The van der Waals surface area contributed by atoms with Gasteiger partial charge in [0.1, 0.15) is 42.6 Å². The maximum absolute atomic E-state index is 13.7. The maximum atomic E-state index is 13.7. The highest BCUT2D eigenvalue weighted by Crippen LogP contribution is 2.32. The van der Waals surface area contributed by atoms with Crippen molar-refractivity contribution >= 4 is 35.7 Å². The van der Waals surface area contributed by atoms with Crippen molar-refractivity contribution in [3.63, 3.8) is 0 Å². The molecular formula is C44H67N5O16. The summed E-state index contributed by atoms with van der Waals surface area (Å²) in [5, 5.41) is 20.8. The molecule has 0 aliphatic carbocycles. The molecule has 0 radical (unpaired) electrons. The minimum absolute atomic E-state index is 0.0129. The molecule has 0 saturated carbocycles. The van der Waals surface area contributed by atoms with Crippen molar-refractivity contribution in [2.75, 3.05) is 26.4 Å². The van der Waals surface area contributed by atoms with Crippen LogP contribution in [0, 0.1) is 5.92 Å². The van der Waals surface area contributed by atoms with Crippen LogP contribution in [0.25, 0.3) is 10.4 Å². The first-order chi connectivity index (χ1) is 31.2. The van der Waals surface area contributed by atoms with Crippen LogP contribution in [0.4, 0.5) is 0 Å². The molecule has 0 bridgehead atoms. The second kappa shape index (κ2) is 28.9. The third kappa shape index (κ3) is 17.8. The number of hydrogen-bond acceptors (Lipinski definition) is 17. The average Bonchev–Trinajstić information content (AvgIpc) is 3.30. The predicted octanol–water partition coefficient (Wildman–Crippen LogP) is 3.85. The normalized spacial score (nSPS) is 26.0. The summed E-state index contributed by atoms with van der Waals surface area (Å²) in [5.74, 6) is -4.15. The van der Waals surface area contributed by atoms with E-state index < -0.39 is 109 Å². The van der Waals surface area contributed by atoms with Crippen LogP contribution in [-0.4, -0.2) is 135 Å². The molecule has 1 aromatic rings. The van der Waals surface area contributed by atoms with Crippen molar-refractivity contribution in [2.45, 2.75) is 174 Å². The van der Waals surface area contributed by atoms with Crippen LogP contribution in [0.5, 0.6) is 0 Å². The Kier molecular flexibility index (Phi) is 24.2. The molecule has 2 fully saturated rings. The lowest BCUT2D eigenvalue weighted by Crippen LogP contribution is -2.67. The Morgan fingerprint density at radius 1 is 0.723 bits per heavy atom. The number of azide groups is 1. The molecule has 65 heavy (non-hydrogen) atoms. The van der Waals surface area contributed by atoms with E-state index >= 15 is 0 Å². The summed E-state index contributed by atoms with van der Waals surface area (Å²) < 4.78 is 53.6. The van der Waals surface area contributed by atoms with Crippen LogP contribution in [0.15, 0.2) is 35.4 Å². The molecule has 3 N–H and O–H groups in total. The molecule has 0 spiro atoms. The van der Waals surface area contributed by atoms with Gasteiger partial charge >= 0.3 is 23.9 Å². The van der Waals surface area contributed by atoms with Crippen molar-refractivity contribution in [2.24, 2.45) is 11.0 Å². The Balaban J connectivity index is 1.99. The summed E-state index contributed by atoms with van der Waals surface area (Å²) in [4.78, 5) is 79.9. The molecule has 21 nitrogen and oxygen atoms in total. The maximum Gasteiger partial charge on any atom is 0.305 e. The number of amides is 2. The van der Waals surface area contributed by atoms with Crippen LogP contribution in [0.1, 0.15) is 105 Å². The number of benzene rings is 1. The fraction of sp³-hybridized carbons (Fsp3) is 0.727. The molecule has 21 heteroatoms. The highest BCUT2D eigenvalue weighted by atomic mass is 16.7. The SMILES string of the molecule is CCC(=O)O[C@H](CC)CC(=O)NC1[C@H](OCCN=[N+]=[N-])OC(CO[C@@H]2OC(COCc3ccccc3)[C@@H](O)[C@H](OC(=O)CC)C2NC(=O)C[C@@H](CC)OC(=O)CC)[C@@H](C)[C@@H]1OC(=O)CC.